The largest absolute Gasteiger partial charge is 0.478 e. The Morgan fingerprint density at radius 1 is 0.841 bits per heavy atom. The maximum atomic E-state index is 13.8. The van der Waals surface area contributed by atoms with Crippen LogP contribution in [-0.2, 0) is 16.0 Å². The smallest absolute Gasteiger partial charge is 0.336 e. The average Bonchev–Trinajstić information content (AvgIpc) is 3.05. The molecule has 0 spiro atoms. The standard InChI is InChI=1S/C35H25N5O4/c41-32(21-29(35(43)44)24-9-2-1-3-10-24)38-27-13-4-11-25(19-27)26-12-5-14-28(20-26)40-33-30(15-7-17-37-33)39-31(34(40)42)18-23-8-6-16-36-22-23/h1-17,19-22H,18H2,(H,38,41)(H,43,44). The van der Waals surface area contributed by atoms with Crippen LogP contribution in [0.3, 0.4) is 0 Å². The Labute approximate surface area is 251 Å². The number of aromatic nitrogens is 4. The highest BCUT2D eigenvalue weighted by molar-refractivity contribution is 6.21. The number of carbonyl (C=O) groups excluding carboxylic acids is 1. The van der Waals surface area contributed by atoms with Crippen LogP contribution < -0.4 is 10.9 Å². The Hall–Kier alpha value is -6.22. The van der Waals surface area contributed by atoms with Crippen LogP contribution in [0.2, 0.25) is 0 Å². The van der Waals surface area contributed by atoms with Gasteiger partial charge in [0, 0.05) is 36.8 Å². The summed E-state index contributed by atoms with van der Waals surface area (Å²) >= 11 is 0. The molecule has 0 radical (unpaired) electrons. The van der Waals surface area contributed by atoms with E-state index >= 15 is 0 Å². The average molecular weight is 580 g/mol. The number of carboxylic acid groups (broad SMARTS) is 1. The number of nitrogens with one attached hydrogen (secondary N) is 1. The molecule has 3 aromatic heterocycles. The molecule has 0 saturated heterocycles. The summed E-state index contributed by atoms with van der Waals surface area (Å²) in [5, 5.41) is 12.4. The zero-order chi connectivity index (χ0) is 30.5. The van der Waals surface area contributed by atoms with Gasteiger partial charge in [-0.05, 0) is 64.7 Å². The van der Waals surface area contributed by atoms with Crippen molar-refractivity contribution in [2.75, 3.05) is 5.32 Å². The van der Waals surface area contributed by atoms with Crippen LogP contribution in [0.1, 0.15) is 16.8 Å². The predicted molar refractivity (Wildman–Crippen MR) is 168 cm³/mol. The fourth-order valence-electron chi connectivity index (χ4n) is 4.91. The summed E-state index contributed by atoms with van der Waals surface area (Å²) in [6.45, 7) is 0. The van der Waals surface area contributed by atoms with Crippen LogP contribution >= 0.6 is 0 Å². The van der Waals surface area contributed by atoms with Gasteiger partial charge >= 0.3 is 5.97 Å². The van der Waals surface area contributed by atoms with Gasteiger partial charge < -0.3 is 10.4 Å². The highest BCUT2D eigenvalue weighted by atomic mass is 16.4. The fourth-order valence-corrected chi connectivity index (χ4v) is 4.91. The second kappa shape index (κ2) is 12.3. The van der Waals surface area contributed by atoms with Crippen LogP contribution in [0.4, 0.5) is 5.69 Å². The number of benzene rings is 3. The molecule has 2 N–H and O–H groups in total. The number of aliphatic carboxylic acids is 1. The minimum atomic E-state index is -1.20. The summed E-state index contributed by atoms with van der Waals surface area (Å²) in [6.07, 6.45) is 6.41. The molecule has 6 rings (SSSR count). The first-order chi connectivity index (χ1) is 21.5. The van der Waals surface area contributed by atoms with E-state index in [1.165, 1.54) is 0 Å². The lowest BCUT2D eigenvalue weighted by Crippen LogP contribution is -2.25. The van der Waals surface area contributed by atoms with Gasteiger partial charge in [0.15, 0.2) is 5.65 Å². The molecule has 0 saturated carbocycles. The van der Waals surface area contributed by atoms with Gasteiger partial charge in [-0.15, -0.1) is 0 Å². The second-order valence-electron chi connectivity index (χ2n) is 9.93. The van der Waals surface area contributed by atoms with Crippen LogP contribution in [0.15, 0.2) is 133 Å². The molecule has 0 atom stereocenters. The van der Waals surface area contributed by atoms with Crippen molar-refractivity contribution in [1.29, 1.82) is 0 Å². The van der Waals surface area contributed by atoms with Crippen LogP contribution in [-0.4, -0.2) is 36.5 Å². The molecule has 214 valence electrons. The van der Waals surface area contributed by atoms with E-state index in [0.717, 1.165) is 22.8 Å². The van der Waals surface area contributed by atoms with Crippen molar-refractivity contribution in [3.63, 3.8) is 0 Å². The van der Waals surface area contributed by atoms with E-state index in [1.807, 2.05) is 48.5 Å². The molecule has 3 aromatic carbocycles. The van der Waals surface area contributed by atoms with Crippen molar-refractivity contribution < 1.29 is 14.7 Å². The van der Waals surface area contributed by atoms with Crippen LogP contribution in [0.5, 0.6) is 0 Å². The van der Waals surface area contributed by atoms with E-state index < -0.39 is 11.9 Å². The monoisotopic (exact) mass is 579 g/mol. The van der Waals surface area contributed by atoms with Gasteiger partial charge in [-0.1, -0.05) is 60.7 Å². The molecule has 3 heterocycles. The molecule has 6 aromatic rings. The van der Waals surface area contributed by atoms with Gasteiger partial charge in [-0.3, -0.25) is 19.1 Å². The quantitative estimate of drug-likeness (QED) is 0.227. The highest BCUT2D eigenvalue weighted by Crippen LogP contribution is 2.26. The Morgan fingerprint density at radius 2 is 1.61 bits per heavy atom. The van der Waals surface area contributed by atoms with Gasteiger partial charge in [0.1, 0.15) is 11.2 Å². The molecule has 9 nitrogen and oxygen atoms in total. The van der Waals surface area contributed by atoms with Crippen molar-refractivity contribution >= 4 is 34.3 Å². The number of hydrogen-bond donors (Lipinski definition) is 2. The summed E-state index contributed by atoms with van der Waals surface area (Å²) in [6, 6.07) is 30.4. The zero-order valence-electron chi connectivity index (χ0n) is 23.3. The van der Waals surface area contributed by atoms with Crippen LogP contribution in [0, 0.1) is 0 Å². The molecule has 0 aliphatic carbocycles. The molecule has 9 heteroatoms. The van der Waals surface area contributed by atoms with Crippen molar-refractivity contribution in [3.05, 3.63) is 155 Å². The Bertz CT molecular complexity index is 2090. The third-order valence-electron chi connectivity index (χ3n) is 6.94. The summed E-state index contributed by atoms with van der Waals surface area (Å²) < 4.78 is 1.56. The van der Waals surface area contributed by atoms with E-state index in [0.29, 0.717) is 40.2 Å². The van der Waals surface area contributed by atoms with Gasteiger partial charge in [0.25, 0.3) is 5.56 Å². The zero-order valence-corrected chi connectivity index (χ0v) is 23.3. The van der Waals surface area contributed by atoms with E-state index in [2.05, 4.69) is 20.3 Å². The normalized spacial score (nSPS) is 11.3. The summed E-state index contributed by atoms with van der Waals surface area (Å²) in [5.41, 5.74) is 4.98. The maximum absolute atomic E-state index is 13.8. The minimum absolute atomic E-state index is 0.113. The minimum Gasteiger partial charge on any atom is -0.478 e. The van der Waals surface area contributed by atoms with Crippen molar-refractivity contribution in [2.24, 2.45) is 0 Å². The molecule has 0 aliphatic heterocycles. The number of rotatable bonds is 8. The topological polar surface area (TPSA) is 127 Å². The molecule has 44 heavy (non-hydrogen) atoms. The number of anilines is 1. The Kier molecular flexibility index (Phi) is 7.83. The molecule has 0 fully saturated rings. The van der Waals surface area contributed by atoms with Gasteiger partial charge in [0.2, 0.25) is 5.91 Å². The van der Waals surface area contributed by atoms with Crippen molar-refractivity contribution in [3.8, 4) is 16.8 Å². The number of carboxylic acids is 1. The number of hydrogen-bond acceptors (Lipinski definition) is 6. The lowest BCUT2D eigenvalue weighted by Gasteiger charge is -2.13. The molecule has 1 amide bonds. The third-order valence-corrected chi connectivity index (χ3v) is 6.94. The Morgan fingerprint density at radius 3 is 2.39 bits per heavy atom. The number of amides is 1. The first kappa shape index (κ1) is 27.9. The summed E-state index contributed by atoms with van der Waals surface area (Å²) in [5.74, 6) is -1.77. The molecular formula is C35H25N5O4. The SMILES string of the molecule is O=C(C=C(C(=O)O)c1ccccc1)Nc1cccc(-c2cccc(-n3c(=O)c(Cc4cccnc4)nc4cccnc43)c2)c1. The number of carbonyl (C=O) groups is 2. The molecule has 0 aliphatic rings. The van der Waals surface area contributed by atoms with E-state index in [1.54, 1.807) is 77.8 Å². The lowest BCUT2D eigenvalue weighted by atomic mass is 10.0. The Balaban J connectivity index is 1.34. The van der Waals surface area contributed by atoms with Crippen molar-refractivity contribution in [2.45, 2.75) is 6.42 Å². The fraction of sp³-hybridized carbons (Fsp3) is 0.0286. The first-order valence-corrected chi connectivity index (χ1v) is 13.7. The molecule has 0 unspecified atom stereocenters. The van der Waals surface area contributed by atoms with Crippen LogP contribution in [0.25, 0.3) is 33.6 Å². The lowest BCUT2D eigenvalue weighted by molar-refractivity contribution is -0.130. The third kappa shape index (κ3) is 6.02. The van der Waals surface area contributed by atoms with Gasteiger partial charge in [0.05, 0.1) is 11.3 Å². The highest BCUT2D eigenvalue weighted by Gasteiger charge is 2.16. The molecular weight excluding hydrogens is 554 g/mol. The van der Waals surface area contributed by atoms with E-state index in [-0.39, 0.29) is 11.1 Å². The summed E-state index contributed by atoms with van der Waals surface area (Å²) in [4.78, 5) is 51.7. The van der Waals surface area contributed by atoms with E-state index in [4.69, 9.17) is 0 Å². The number of pyridine rings is 2. The second-order valence-corrected chi connectivity index (χ2v) is 9.93. The first-order valence-electron chi connectivity index (χ1n) is 13.7. The van der Waals surface area contributed by atoms with E-state index in [9.17, 15) is 19.5 Å². The summed E-state index contributed by atoms with van der Waals surface area (Å²) in [7, 11) is 0. The number of fused-ring (bicyclic) bond motifs is 1. The van der Waals surface area contributed by atoms with Crippen molar-refractivity contribution in [1.82, 2.24) is 19.5 Å². The predicted octanol–water partition coefficient (Wildman–Crippen LogP) is 5.54. The maximum Gasteiger partial charge on any atom is 0.336 e. The van der Waals surface area contributed by atoms with Gasteiger partial charge in [-0.2, -0.15) is 0 Å². The number of nitrogens with zero attached hydrogens (tertiary/aromatic N) is 4. The van der Waals surface area contributed by atoms with Gasteiger partial charge in [-0.25, -0.2) is 14.8 Å². The molecule has 0 bridgehead atoms.